The van der Waals surface area contributed by atoms with Crippen molar-refractivity contribution in [2.24, 2.45) is 0 Å². The molecule has 0 saturated heterocycles. The number of methoxy groups -OCH3 is 1. The van der Waals surface area contributed by atoms with Gasteiger partial charge in [-0.15, -0.1) is 11.3 Å². The van der Waals surface area contributed by atoms with Crippen molar-refractivity contribution in [1.29, 1.82) is 0 Å². The molecule has 2 heterocycles. The molecular weight excluding hydrogens is 316 g/mol. The van der Waals surface area contributed by atoms with Gasteiger partial charge in [0.25, 0.3) is 5.91 Å². The Kier molecular flexibility index (Phi) is 4.61. The molecule has 1 atom stereocenters. The zero-order valence-corrected chi connectivity index (χ0v) is 14.7. The summed E-state index contributed by atoms with van der Waals surface area (Å²) in [7, 11) is 1.66. The summed E-state index contributed by atoms with van der Waals surface area (Å²) in [5.41, 5.74) is 2.02. The molecule has 0 bridgehead atoms. The van der Waals surface area contributed by atoms with Gasteiger partial charge >= 0.3 is 0 Å². The van der Waals surface area contributed by atoms with Gasteiger partial charge in [-0.25, -0.2) is 4.98 Å². The fourth-order valence-corrected chi connectivity index (χ4v) is 4.06. The fraction of sp³-hybridized carbons (Fsp3) is 0.500. The third-order valence-electron chi connectivity index (χ3n) is 3.89. The average molecular weight is 336 g/mol. The van der Waals surface area contributed by atoms with Crippen LogP contribution in [0, 0.1) is 6.92 Å². The van der Waals surface area contributed by atoms with Crippen LogP contribution >= 0.6 is 22.7 Å². The van der Waals surface area contributed by atoms with E-state index in [1.54, 1.807) is 18.4 Å². The van der Waals surface area contributed by atoms with Gasteiger partial charge in [-0.3, -0.25) is 4.79 Å². The number of carbonyl (C=O) groups excluding carboxylic acids is 1. The van der Waals surface area contributed by atoms with E-state index in [2.05, 4.69) is 21.8 Å². The summed E-state index contributed by atoms with van der Waals surface area (Å²) in [6.45, 7) is 4.56. The number of rotatable bonds is 6. The summed E-state index contributed by atoms with van der Waals surface area (Å²) in [6, 6.07) is 2.47. The van der Waals surface area contributed by atoms with Crippen molar-refractivity contribution in [1.82, 2.24) is 9.88 Å². The predicted octanol–water partition coefficient (Wildman–Crippen LogP) is 4.03. The molecule has 22 heavy (non-hydrogen) atoms. The second kappa shape index (κ2) is 6.48. The Hall–Kier alpha value is -1.24. The molecule has 0 N–H and O–H groups in total. The number of thiophene rings is 1. The monoisotopic (exact) mass is 336 g/mol. The van der Waals surface area contributed by atoms with E-state index in [9.17, 15) is 4.79 Å². The third kappa shape index (κ3) is 3.24. The van der Waals surface area contributed by atoms with E-state index < -0.39 is 0 Å². The zero-order chi connectivity index (χ0) is 15.7. The van der Waals surface area contributed by atoms with Gasteiger partial charge in [-0.2, -0.15) is 11.3 Å². The molecule has 0 radical (unpaired) electrons. The first-order valence-corrected chi connectivity index (χ1v) is 9.18. The summed E-state index contributed by atoms with van der Waals surface area (Å²) in [4.78, 5) is 20.2. The molecule has 0 aromatic carbocycles. The summed E-state index contributed by atoms with van der Waals surface area (Å²) in [5.74, 6) is 0.109. The molecule has 2 aromatic rings. The molecular formula is C16H20N2O2S2. The predicted molar refractivity (Wildman–Crippen MR) is 89.5 cm³/mol. The molecule has 1 saturated carbocycles. The Labute approximate surface area is 138 Å². The number of aryl methyl sites for hydroxylation is 1. The number of hydrogen-bond donors (Lipinski definition) is 0. The summed E-state index contributed by atoms with van der Waals surface area (Å²) in [6.07, 6.45) is 2.14. The van der Waals surface area contributed by atoms with Gasteiger partial charge in [0.15, 0.2) is 0 Å². The van der Waals surface area contributed by atoms with Gasteiger partial charge in [0.1, 0.15) is 16.0 Å². The van der Waals surface area contributed by atoms with Crippen LogP contribution in [-0.2, 0) is 11.3 Å². The van der Waals surface area contributed by atoms with Crippen LogP contribution < -0.4 is 0 Å². The lowest BCUT2D eigenvalue weighted by Crippen LogP contribution is -2.32. The van der Waals surface area contributed by atoms with E-state index in [0.29, 0.717) is 12.6 Å². The molecule has 118 valence electrons. The number of nitrogens with zero attached hydrogens (tertiary/aromatic N) is 2. The molecule has 2 aromatic heterocycles. The second-order valence-electron chi connectivity index (χ2n) is 5.64. The average Bonchev–Trinajstić information content (AvgIpc) is 3.08. The molecule has 0 unspecified atom stereocenters. The molecule has 0 spiro atoms. The zero-order valence-electron chi connectivity index (χ0n) is 13.0. The SMILES string of the molecule is CO[C@@H](C)c1nc(C)c(C(=O)N(Cc2ccsc2)C2CC2)s1. The third-order valence-corrected chi connectivity index (χ3v) is 5.93. The lowest BCUT2D eigenvalue weighted by atomic mass is 10.2. The maximum absolute atomic E-state index is 13.0. The molecule has 1 aliphatic rings. The van der Waals surface area contributed by atoms with E-state index >= 15 is 0 Å². The molecule has 6 heteroatoms. The molecule has 3 rings (SSSR count). The summed E-state index contributed by atoms with van der Waals surface area (Å²) < 4.78 is 5.31. The Bertz CT molecular complexity index is 647. The maximum Gasteiger partial charge on any atom is 0.266 e. The van der Waals surface area contributed by atoms with E-state index in [1.165, 1.54) is 16.9 Å². The standard InChI is InChI=1S/C16H20N2O2S2/c1-10-14(22-15(17-10)11(2)20-3)16(19)18(13-4-5-13)8-12-6-7-21-9-12/h6-7,9,11,13H,4-5,8H2,1-3H3/t11-/m0/s1. The van der Waals surface area contributed by atoms with Crippen LogP contribution in [0.2, 0.25) is 0 Å². The van der Waals surface area contributed by atoms with Gasteiger partial charge in [0.2, 0.25) is 0 Å². The van der Waals surface area contributed by atoms with Crippen LogP contribution in [0.4, 0.5) is 0 Å². The number of carbonyl (C=O) groups is 1. The lowest BCUT2D eigenvalue weighted by Gasteiger charge is -2.21. The van der Waals surface area contributed by atoms with Gasteiger partial charge in [-0.05, 0) is 49.1 Å². The minimum absolute atomic E-state index is 0.0727. The van der Waals surface area contributed by atoms with Crippen LogP contribution in [0.15, 0.2) is 16.8 Å². The molecule has 1 aliphatic carbocycles. The van der Waals surface area contributed by atoms with Crippen LogP contribution in [-0.4, -0.2) is 28.9 Å². The van der Waals surface area contributed by atoms with E-state index in [4.69, 9.17) is 4.74 Å². The number of amides is 1. The summed E-state index contributed by atoms with van der Waals surface area (Å²) in [5, 5.41) is 5.04. The number of hydrogen-bond acceptors (Lipinski definition) is 5. The first-order valence-electron chi connectivity index (χ1n) is 7.42. The largest absolute Gasteiger partial charge is 0.375 e. The quantitative estimate of drug-likeness (QED) is 0.800. The molecule has 1 amide bonds. The van der Waals surface area contributed by atoms with Crippen molar-refractivity contribution in [2.45, 2.75) is 45.4 Å². The number of aromatic nitrogens is 1. The second-order valence-corrected chi connectivity index (χ2v) is 7.45. The summed E-state index contributed by atoms with van der Waals surface area (Å²) >= 11 is 3.13. The first kappa shape index (κ1) is 15.6. The highest BCUT2D eigenvalue weighted by Crippen LogP contribution is 2.33. The van der Waals surface area contributed by atoms with Crippen LogP contribution in [0.3, 0.4) is 0 Å². The van der Waals surface area contributed by atoms with Crippen LogP contribution in [0.5, 0.6) is 0 Å². The molecule has 1 fully saturated rings. The van der Waals surface area contributed by atoms with Gasteiger partial charge in [0.05, 0.1) is 5.69 Å². The van der Waals surface area contributed by atoms with Crippen molar-refractivity contribution >= 4 is 28.6 Å². The highest BCUT2D eigenvalue weighted by atomic mass is 32.1. The maximum atomic E-state index is 13.0. The van der Waals surface area contributed by atoms with E-state index in [1.807, 2.05) is 18.7 Å². The Morgan fingerprint density at radius 1 is 1.55 bits per heavy atom. The minimum atomic E-state index is -0.0727. The van der Waals surface area contributed by atoms with E-state index in [0.717, 1.165) is 28.4 Å². The van der Waals surface area contributed by atoms with Gasteiger partial charge in [-0.1, -0.05) is 0 Å². The highest BCUT2D eigenvalue weighted by Gasteiger charge is 2.34. The van der Waals surface area contributed by atoms with Crippen molar-refractivity contribution in [2.75, 3.05) is 7.11 Å². The van der Waals surface area contributed by atoms with Crippen LogP contribution in [0.1, 0.15) is 51.8 Å². The normalized spacial score (nSPS) is 15.8. The molecule has 4 nitrogen and oxygen atoms in total. The van der Waals surface area contributed by atoms with Crippen molar-refractivity contribution in [3.05, 3.63) is 38.0 Å². The lowest BCUT2D eigenvalue weighted by molar-refractivity contribution is 0.0734. The van der Waals surface area contributed by atoms with Crippen LogP contribution in [0.25, 0.3) is 0 Å². The number of ether oxygens (including phenoxy) is 1. The smallest absolute Gasteiger partial charge is 0.266 e. The number of thiazole rings is 1. The van der Waals surface area contributed by atoms with Gasteiger partial charge in [0, 0.05) is 19.7 Å². The Morgan fingerprint density at radius 3 is 2.91 bits per heavy atom. The minimum Gasteiger partial charge on any atom is -0.375 e. The van der Waals surface area contributed by atoms with Gasteiger partial charge < -0.3 is 9.64 Å². The van der Waals surface area contributed by atoms with E-state index in [-0.39, 0.29) is 12.0 Å². The highest BCUT2D eigenvalue weighted by molar-refractivity contribution is 7.13. The fourth-order valence-electron chi connectivity index (χ4n) is 2.35. The Morgan fingerprint density at radius 2 is 2.32 bits per heavy atom. The topological polar surface area (TPSA) is 42.4 Å². The Balaban J connectivity index is 1.82. The molecule has 0 aliphatic heterocycles. The van der Waals surface area contributed by atoms with Crippen molar-refractivity contribution in [3.8, 4) is 0 Å². The van der Waals surface area contributed by atoms with Crippen molar-refractivity contribution < 1.29 is 9.53 Å². The van der Waals surface area contributed by atoms with Crippen molar-refractivity contribution in [3.63, 3.8) is 0 Å². The first-order chi connectivity index (χ1) is 10.6.